The molecule has 0 radical (unpaired) electrons. The number of hydrogen-bond acceptors (Lipinski definition) is 3. The third-order valence-electron chi connectivity index (χ3n) is 3.08. The molecule has 0 spiro atoms. The fraction of sp³-hybridized carbons (Fsp3) is 0.250. The Morgan fingerprint density at radius 2 is 2.00 bits per heavy atom. The highest BCUT2D eigenvalue weighted by molar-refractivity contribution is 6.31. The first-order valence-corrected chi connectivity index (χ1v) is 6.99. The van der Waals surface area contributed by atoms with Crippen LogP contribution in [0.4, 0.5) is 4.39 Å². The second-order valence-electron chi connectivity index (χ2n) is 4.78. The molecule has 0 aromatic heterocycles. The van der Waals surface area contributed by atoms with Crippen LogP contribution in [-0.2, 0) is 13.0 Å². The van der Waals surface area contributed by atoms with Crippen LogP contribution in [0, 0.1) is 5.82 Å². The van der Waals surface area contributed by atoms with Gasteiger partial charge in [0.25, 0.3) is 0 Å². The van der Waals surface area contributed by atoms with Crippen molar-refractivity contribution in [3.05, 3.63) is 64.4 Å². The van der Waals surface area contributed by atoms with Crippen molar-refractivity contribution in [3.63, 3.8) is 0 Å². The van der Waals surface area contributed by atoms with Crippen molar-refractivity contribution in [2.75, 3.05) is 6.61 Å². The highest BCUT2D eigenvalue weighted by atomic mass is 35.5. The molecule has 1 atom stereocenters. The number of hydrogen-bond donors (Lipinski definition) is 2. The molecule has 2 rings (SSSR count). The minimum atomic E-state index is -0.388. The molecule has 0 aliphatic heterocycles. The first kappa shape index (κ1) is 15.8. The molecule has 3 nitrogen and oxygen atoms in total. The van der Waals surface area contributed by atoms with Gasteiger partial charge in [0.2, 0.25) is 0 Å². The van der Waals surface area contributed by atoms with Crippen LogP contribution in [0.2, 0.25) is 5.02 Å². The number of aliphatic hydroxyl groups is 1. The molecule has 0 aliphatic rings. The number of aliphatic hydroxyl groups excluding tert-OH is 1. The van der Waals surface area contributed by atoms with Gasteiger partial charge < -0.3 is 15.6 Å². The molecule has 2 aromatic carbocycles. The topological polar surface area (TPSA) is 55.5 Å². The Morgan fingerprint density at radius 1 is 1.24 bits per heavy atom. The first-order valence-electron chi connectivity index (χ1n) is 6.61. The summed E-state index contributed by atoms with van der Waals surface area (Å²) in [6.07, 6.45) is 0.550. The van der Waals surface area contributed by atoms with Gasteiger partial charge >= 0.3 is 0 Å². The molecular formula is C16H17ClFNO2. The average Bonchev–Trinajstić information content (AvgIpc) is 2.47. The van der Waals surface area contributed by atoms with Crippen LogP contribution in [0.25, 0.3) is 0 Å². The fourth-order valence-corrected chi connectivity index (χ4v) is 2.17. The summed E-state index contributed by atoms with van der Waals surface area (Å²) in [5, 5.41) is 9.31. The summed E-state index contributed by atoms with van der Waals surface area (Å²) in [4.78, 5) is 0. The molecular weight excluding hydrogens is 293 g/mol. The van der Waals surface area contributed by atoms with Gasteiger partial charge in [-0.25, -0.2) is 4.39 Å². The Balaban J connectivity index is 2.05. The molecule has 0 bridgehead atoms. The molecule has 0 saturated carbocycles. The summed E-state index contributed by atoms with van der Waals surface area (Å²) >= 11 is 5.95. The lowest BCUT2D eigenvalue weighted by Crippen LogP contribution is -2.26. The Kier molecular flexibility index (Phi) is 5.56. The fourth-order valence-electron chi connectivity index (χ4n) is 1.96. The maximum Gasteiger partial charge on any atom is 0.131 e. The lowest BCUT2D eigenvalue weighted by Gasteiger charge is -2.11. The number of halogens is 2. The minimum absolute atomic E-state index is 0.0566. The van der Waals surface area contributed by atoms with Gasteiger partial charge in [-0.05, 0) is 36.2 Å². The van der Waals surface area contributed by atoms with Gasteiger partial charge in [-0.3, -0.25) is 0 Å². The van der Waals surface area contributed by atoms with Crippen LogP contribution in [0.5, 0.6) is 5.75 Å². The van der Waals surface area contributed by atoms with Crippen LogP contribution < -0.4 is 10.5 Å². The maximum absolute atomic E-state index is 13.6. The normalized spacial score (nSPS) is 12.2. The molecule has 0 heterocycles. The van der Waals surface area contributed by atoms with Crippen molar-refractivity contribution in [2.24, 2.45) is 5.73 Å². The zero-order valence-corrected chi connectivity index (χ0v) is 12.2. The first-order chi connectivity index (χ1) is 10.1. The van der Waals surface area contributed by atoms with E-state index in [0.29, 0.717) is 22.8 Å². The van der Waals surface area contributed by atoms with Crippen molar-refractivity contribution < 1.29 is 14.2 Å². The van der Waals surface area contributed by atoms with E-state index in [1.807, 2.05) is 18.2 Å². The van der Waals surface area contributed by atoms with E-state index in [1.165, 1.54) is 6.07 Å². The predicted molar refractivity (Wildman–Crippen MR) is 80.9 cm³/mol. The van der Waals surface area contributed by atoms with E-state index in [4.69, 9.17) is 27.2 Å². The largest absolute Gasteiger partial charge is 0.489 e. The van der Waals surface area contributed by atoms with Crippen molar-refractivity contribution in [1.82, 2.24) is 0 Å². The van der Waals surface area contributed by atoms with E-state index in [2.05, 4.69) is 0 Å². The molecule has 0 aliphatic carbocycles. The highest BCUT2D eigenvalue weighted by Crippen LogP contribution is 2.22. The lowest BCUT2D eigenvalue weighted by molar-refractivity contribution is 0.265. The quantitative estimate of drug-likeness (QED) is 0.862. The Morgan fingerprint density at radius 3 is 2.71 bits per heavy atom. The average molecular weight is 310 g/mol. The molecule has 0 amide bonds. The smallest absolute Gasteiger partial charge is 0.131 e. The van der Waals surface area contributed by atoms with Gasteiger partial charge in [0.15, 0.2) is 0 Å². The van der Waals surface area contributed by atoms with Crippen molar-refractivity contribution in [2.45, 2.75) is 19.1 Å². The van der Waals surface area contributed by atoms with Crippen LogP contribution in [-0.4, -0.2) is 17.8 Å². The molecule has 5 heteroatoms. The van der Waals surface area contributed by atoms with E-state index < -0.39 is 0 Å². The number of benzene rings is 2. The molecule has 21 heavy (non-hydrogen) atoms. The molecule has 0 fully saturated rings. The second kappa shape index (κ2) is 7.41. The molecule has 1 unspecified atom stereocenters. The van der Waals surface area contributed by atoms with Crippen LogP contribution in [0.3, 0.4) is 0 Å². The SMILES string of the molecule is NC(CO)Cc1cccc(OCc2c(F)cccc2Cl)c1. The van der Waals surface area contributed by atoms with Gasteiger partial charge in [0.05, 0.1) is 11.6 Å². The van der Waals surface area contributed by atoms with Crippen LogP contribution in [0.15, 0.2) is 42.5 Å². The summed E-state index contributed by atoms with van der Waals surface area (Å²) in [5.41, 5.74) is 6.98. The van der Waals surface area contributed by atoms with Crippen molar-refractivity contribution in [3.8, 4) is 5.75 Å². The van der Waals surface area contributed by atoms with Gasteiger partial charge in [-0.2, -0.15) is 0 Å². The van der Waals surface area contributed by atoms with Crippen LogP contribution in [0.1, 0.15) is 11.1 Å². The molecule has 0 saturated heterocycles. The second-order valence-corrected chi connectivity index (χ2v) is 5.19. The minimum Gasteiger partial charge on any atom is -0.489 e. The summed E-state index contributed by atoms with van der Waals surface area (Å²) in [5.74, 6) is 0.220. The summed E-state index contributed by atoms with van der Waals surface area (Å²) < 4.78 is 19.2. The summed E-state index contributed by atoms with van der Waals surface area (Å²) in [6, 6.07) is 11.6. The van der Waals surface area contributed by atoms with Gasteiger partial charge in [-0.15, -0.1) is 0 Å². The third-order valence-corrected chi connectivity index (χ3v) is 3.43. The standard InChI is InChI=1S/C16H17ClFNO2/c17-15-5-2-6-16(18)14(15)10-21-13-4-1-3-11(8-13)7-12(19)9-20/h1-6,8,12,20H,7,9-10,19H2. The van der Waals surface area contributed by atoms with Gasteiger partial charge in [0.1, 0.15) is 18.2 Å². The van der Waals surface area contributed by atoms with Crippen LogP contribution >= 0.6 is 11.6 Å². The summed E-state index contributed by atoms with van der Waals surface area (Å²) in [7, 11) is 0. The third kappa shape index (κ3) is 4.43. The number of rotatable bonds is 6. The summed E-state index contributed by atoms with van der Waals surface area (Å²) in [6.45, 7) is -0.0169. The van der Waals surface area contributed by atoms with Gasteiger partial charge in [0, 0.05) is 11.6 Å². The van der Waals surface area contributed by atoms with E-state index in [-0.39, 0.29) is 25.1 Å². The molecule has 2 aromatic rings. The van der Waals surface area contributed by atoms with E-state index >= 15 is 0 Å². The highest BCUT2D eigenvalue weighted by Gasteiger charge is 2.08. The Bertz CT molecular complexity index is 586. The predicted octanol–water partition coefficient (Wildman–Crippen LogP) is 2.92. The molecule has 3 N–H and O–H groups in total. The maximum atomic E-state index is 13.6. The Labute approximate surface area is 128 Å². The van der Waals surface area contributed by atoms with Crippen molar-refractivity contribution >= 4 is 11.6 Å². The zero-order valence-electron chi connectivity index (χ0n) is 11.4. The van der Waals surface area contributed by atoms with Gasteiger partial charge in [-0.1, -0.05) is 29.8 Å². The van der Waals surface area contributed by atoms with E-state index in [9.17, 15) is 4.39 Å². The molecule has 112 valence electrons. The zero-order chi connectivity index (χ0) is 15.2. The van der Waals surface area contributed by atoms with E-state index in [0.717, 1.165) is 5.56 Å². The van der Waals surface area contributed by atoms with E-state index in [1.54, 1.807) is 18.2 Å². The number of ether oxygens (including phenoxy) is 1. The number of nitrogens with two attached hydrogens (primary N) is 1. The lowest BCUT2D eigenvalue weighted by atomic mass is 10.1. The Hall–Kier alpha value is -1.62. The monoisotopic (exact) mass is 309 g/mol. The van der Waals surface area contributed by atoms with Crippen molar-refractivity contribution in [1.29, 1.82) is 0 Å².